The Balaban J connectivity index is 2.89. The van der Waals surface area contributed by atoms with Crippen LogP contribution >= 0.6 is 0 Å². The minimum atomic E-state index is -1.05. The number of nitro groups is 1. The number of rotatable bonds is 2. The maximum atomic E-state index is 13.0. The molecule has 14 heavy (non-hydrogen) atoms. The van der Waals surface area contributed by atoms with Gasteiger partial charge in [-0.15, -0.1) is 0 Å². The zero-order chi connectivity index (χ0) is 10.7. The lowest BCUT2D eigenvalue weighted by atomic mass is 10.0. The zero-order valence-corrected chi connectivity index (χ0v) is 7.40. The van der Waals surface area contributed by atoms with Crippen LogP contribution < -0.4 is 0 Å². The maximum absolute atomic E-state index is 13.0. The molecule has 0 fully saturated rings. The van der Waals surface area contributed by atoms with Gasteiger partial charge in [0.2, 0.25) is 6.04 Å². The van der Waals surface area contributed by atoms with Crippen LogP contribution in [0.3, 0.4) is 0 Å². The summed E-state index contributed by atoms with van der Waals surface area (Å²) < 4.78 is 17.3. The Labute approximate surface area is 79.0 Å². The minimum Gasteiger partial charge on any atom is -0.466 e. The molecular formula is C8H8FNO4. The van der Waals surface area contributed by atoms with Gasteiger partial charge in [0.25, 0.3) is 0 Å². The van der Waals surface area contributed by atoms with Crippen molar-refractivity contribution < 1.29 is 18.8 Å². The largest absolute Gasteiger partial charge is 0.466 e. The monoisotopic (exact) mass is 201 g/mol. The molecule has 0 saturated carbocycles. The Morgan fingerprint density at radius 3 is 2.93 bits per heavy atom. The number of hydrogen-bond donors (Lipinski definition) is 0. The van der Waals surface area contributed by atoms with Gasteiger partial charge >= 0.3 is 5.97 Å². The third-order valence-electron chi connectivity index (χ3n) is 1.87. The second-order valence-electron chi connectivity index (χ2n) is 2.73. The van der Waals surface area contributed by atoms with Gasteiger partial charge in [0.15, 0.2) is 0 Å². The van der Waals surface area contributed by atoms with Gasteiger partial charge in [0.1, 0.15) is 5.83 Å². The number of ether oxygens (including phenoxy) is 1. The highest BCUT2D eigenvalue weighted by Gasteiger charge is 2.28. The minimum absolute atomic E-state index is 0.262. The summed E-state index contributed by atoms with van der Waals surface area (Å²) in [7, 11) is 1.10. The van der Waals surface area contributed by atoms with Crippen LogP contribution in [0.25, 0.3) is 0 Å². The first-order valence-electron chi connectivity index (χ1n) is 3.85. The molecule has 0 N–H and O–H groups in total. The van der Waals surface area contributed by atoms with Crippen LogP contribution in [0.5, 0.6) is 0 Å². The number of methoxy groups -OCH3 is 1. The quantitative estimate of drug-likeness (QED) is 0.379. The molecule has 0 radical (unpaired) electrons. The number of esters is 1. The summed E-state index contributed by atoms with van der Waals surface area (Å²) in [5, 5.41) is 10.4. The van der Waals surface area contributed by atoms with Gasteiger partial charge in [-0.25, -0.2) is 9.18 Å². The van der Waals surface area contributed by atoms with Crippen molar-refractivity contribution in [2.75, 3.05) is 7.11 Å². The maximum Gasteiger partial charge on any atom is 0.336 e. The van der Waals surface area contributed by atoms with Crippen molar-refractivity contribution in [2.45, 2.75) is 12.5 Å². The summed E-state index contributed by atoms with van der Waals surface area (Å²) in [6.45, 7) is 0. The first-order valence-corrected chi connectivity index (χ1v) is 3.85. The van der Waals surface area contributed by atoms with Crippen molar-refractivity contribution in [3.63, 3.8) is 0 Å². The molecule has 0 aromatic rings. The van der Waals surface area contributed by atoms with Gasteiger partial charge in [-0.2, -0.15) is 0 Å². The Kier molecular flexibility index (Phi) is 2.95. The van der Waals surface area contributed by atoms with Crippen LogP contribution in [-0.2, 0) is 9.53 Å². The van der Waals surface area contributed by atoms with Crippen molar-refractivity contribution in [1.29, 1.82) is 0 Å². The number of halogens is 1. The van der Waals surface area contributed by atoms with E-state index in [0.717, 1.165) is 19.3 Å². The third-order valence-corrected chi connectivity index (χ3v) is 1.87. The predicted molar refractivity (Wildman–Crippen MR) is 44.7 cm³/mol. The molecule has 0 spiro atoms. The number of carbonyl (C=O) groups excluding carboxylic acids is 1. The average Bonchev–Trinajstić information content (AvgIpc) is 2.17. The van der Waals surface area contributed by atoms with Crippen molar-refractivity contribution in [1.82, 2.24) is 0 Å². The molecule has 1 rings (SSSR count). The van der Waals surface area contributed by atoms with Crippen LogP contribution in [0.4, 0.5) is 4.39 Å². The summed E-state index contributed by atoms with van der Waals surface area (Å²) in [5.41, 5.74) is -0.281. The number of allylic oxidation sites excluding steroid dienone is 2. The second kappa shape index (κ2) is 3.99. The molecule has 0 amide bonds. The predicted octanol–water partition coefficient (Wildman–Crippen LogP) is 0.988. The topological polar surface area (TPSA) is 69.4 Å². The first-order chi connectivity index (χ1) is 6.56. The second-order valence-corrected chi connectivity index (χ2v) is 2.73. The highest BCUT2D eigenvalue weighted by Crippen LogP contribution is 2.22. The summed E-state index contributed by atoms with van der Waals surface area (Å²) in [6, 6.07) is -1.05. The molecule has 0 bridgehead atoms. The van der Waals surface area contributed by atoms with Gasteiger partial charge in [-0.05, 0) is 12.2 Å². The molecule has 76 valence electrons. The number of carbonyl (C=O) groups is 1. The van der Waals surface area contributed by atoms with Gasteiger partial charge in [0, 0.05) is 4.92 Å². The van der Waals surface area contributed by atoms with E-state index in [1.165, 1.54) is 0 Å². The Bertz CT molecular complexity index is 334. The van der Waals surface area contributed by atoms with Crippen LogP contribution in [0.15, 0.2) is 23.6 Å². The van der Waals surface area contributed by atoms with Crippen molar-refractivity contribution in [3.05, 3.63) is 33.7 Å². The molecule has 5 nitrogen and oxygen atoms in total. The fourth-order valence-corrected chi connectivity index (χ4v) is 1.12. The molecule has 0 aromatic heterocycles. The third kappa shape index (κ3) is 1.95. The van der Waals surface area contributed by atoms with E-state index in [4.69, 9.17) is 0 Å². The van der Waals surface area contributed by atoms with Gasteiger partial charge in [-0.1, -0.05) is 0 Å². The molecule has 1 aliphatic carbocycles. The lowest BCUT2D eigenvalue weighted by Crippen LogP contribution is -2.23. The fourth-order valence-electron chi connectivity index (χ4n) is 1.12. The van der Waals surface area contributed by atoms with E-state index in [2.05, 4.69) is 4.74 Å². The van der Waals surface area contributed by atoms with Crippen LogP contribution in [0, 0.1) is 10.1 Å². The molecule has 0 saturated heterocycles. The smallest absolute Gasteiger partial charge is 0.336 e. The molecule has 1 atom stereocenters. The molecule has 1 aliphatic rings. The summed E-state index contributed by atoms with van der Waals surface area (Å²) in [6.07, 6.45) is 1.77. The molecule has 6 heteroatoms. The van der Waals surface area contributed by atoms with E-state index < -0.39 is 22.8 Å². The Morgan fingerprint density at radius 2 is 2.43 bits per heavy atom. The van der Waals surface area contributed by atoms with E-state index in [-0.39, 0.29) is 12.0 Å². The number of hydrogen-bond acceptors (Lipinski definition) is 4. The number of nitrogens with zero attached hydrogens (tertiary/aromatic N) is 1. The van der Waals surface area contributed by atoms with E-state index in [0.29, 0.717) is 0 Å². The average molecular weight is 201 g/mol. The highest BCUT2D eigenvalue weighted by molar-refractivity contribution is 5.89. The normalized spacial score (nSPS) is 20.9. The standard InChI is InChI=1S/C8H8FNO4/c1-14-8(11)6-4-5(10(12)13)2-3-7(6)9/h2-3,5H,4H2,1H3. The highest BCUT2D eigenvalue weighted by atomic mass is 19.1. The summed E-state index contributed by atoms with van der Waals surface area (Å²) in [4.78, 5) is 20.8. The molecule has 1 unspecified atom stereocenters. The lowest BCUT2D eigenvalue weighted by molar-refractivity contribution is -0.508. The fraction of sp³-hybridized carbons (Fsp3) is 0.375. The van der Waals surface area contributed by atoms with Gasteiger partial charge in [-0.3, -0.25) is 10.1 Å². The summed E-state index contributed by atoms with van der Waals surface area (Å²) in [5.74, 6) is -1.63. The first kappa shape index (κ1) is 10.4. The van der Waals surface area contributed by atoms with E-state index in [1.54, 1.807) is 0 Å². The Morgan fingerprint density at radius 1 is 1.79 bits per heavy atom. The van der Waals surface area contributed by atoms with E-state index >= 15 is 0 Å². The van der Waals surface area contributed by atoms with E-state index in [1.807, 2.05) is 0 Å². The van der Waals surface area contributed by atoms with Crippen molar-refractivity contribution >= 4 is 5.97 Å². The van der Waals surface area contributed by atoms with Crippen LogP contribution in [0.1, 0.15) is 6.42 Å². The molecule has 0 aliphatic heterocycles. The van der Waals surface area contributed by atoms with Crippen LogP contribution in [0.2, 0.25) is 0 Å². The van der Waals surface area contributed by atoms with Crippen molar-refractivity contribution in [2.24, 2.45) is 0 Å². The molecule has 0 heterocycles. The van der Waals surface area contributed by atoms with Gasteiger partial charge in [0.05, 0.1) is 19.1 Å². The van der Waals surface area contributed by atoms with E-state index in [9.17, 15) is 19.3 Å². The SMILES string of the molecule is COC(=O)C1=C(F)C=CC([N+](=O)[O-])C1. The molecule has 0 aromatic carbocycles. The Hall–Kier alpha value is -1.72. The van der Waals surface area contributed by atoms with Crippen molar-refractivity contribution in [3.8, 4) is 0 Å². The molecular weight excluding hydrogens is 193 g/mol. The van der Waals surface area contributed by atoms with Gasteiger partial charge < -0.3 is 4.74 Å². The zero-order valence-electron chi connectivity index (χ0n) is 7.40. The van der Waals surface area contributed by atoms with Crippen LogP contribution in [-0.4, -0.2) is 24.0 Å². The summed E-state index contributed by atoms with van der Waals surface area (Å²) >= 11 is 0. The lowest BCUT2D eigenvalue weighted by Gasteiger charge is -2.11.